The van der Waals surface area contributed by atoms with Crippen molar-refractivity contribution >= 4 is 17.3 Å². The van der Waals surface area contributed by atoms with E-state index in [1.165, 1.54) is 4.88 Å². The van der Waals surface area contributed by atoms with Crippen molar-refractivity contribution < 1.29 is 0 Å². The zero-order chi connectivity index (χ0) is 12.3. The van der Waals surface area contributed by atoms with Gasteiger partial charge in [-0.2, -0.15) is 0 Å². The molecule has 0 saturated heterocycles. The van der Waals surface area contributed by atoms with Crippen molar-refractivity contribution in [2.75, 3.05) is 11.9 Å². The summed E-state index contributed by atoms with van der Waals surface area (Å²) in [5.74, 6) is 0.695. The Bertz CT molecular complexity index is 496. The third kappa shape index (κ3) is 2.78. The molecule has 2 N–H and O–H groups in total. The molecule has 0 fully saturated rings. The maximum absolute atomic E-state index is 5.56. The second-order valence-electron chi connectivity index (χ2n) is 3.77. The van der Waals surface area contributed by atoms with Gasteiger partial charge in [0.15, 0.2) is 0 Å². The van der Waals surface area contributed by atoms with Crippen LogP contribution in [0.2, 0.25) is 0 Å². The molecule has 2 aromatic rings. The molecule has 5 nitrogen and oxygen atoms in total. The molecule has 0 aromatic carbocycles. The van der Waals surface area contributed by atoms with Gasteiger partial charge in [-0.15, -0.1) is 11.3 Å². The molecule has 6 heteroatoms. The van der Waals surface area contributed by atoms with Crippen LogP contribution < -0.4 is 10.6 Å². The lowest BCUT2D eigenvalue weighted by Gasteiger charge is -2.16. The molecule has 2 rings (SSSR count). The Hall–Kier alpha value is -1.53. The standard InChI is InChI=1S/C11H15N5S/c1-8-10(17-7-14-8)6-16(2)11-13-4-3-9(5-12)15-11/h3-4,7H,5-6,12H2,1-2H3. The molecule has 17 heavy (non-hydrogen) atoms. The van der Waals surface area contributed by atoms with Gasteiger partial charge in [-0.1, -0.05) is 0 Å². The zero-order valence-electron chi connectivity index (χ0n) is 9.92. The number of aromatic nitrogens is 3. The third-order valence-electron chi connectivity index (χ3n) is 2.48. The largest absolute Gasteiger partial charge is 0.339 e. The van der Waals surface area contributed by atoms with E-state index in [1.807, 2.05) is 30.4 Å². The van der Waals surface area contributed by atoms with E-state index in [4.69, 9.17) is 5.73 Å². The quantitative estimate of drug-likeness (QED) is 0.885. The lowest BCUT2D eigenvalue weighted by molar-refractivity contribution is 0.848. The molecule has 0 unspecified atom stereocenters. The second-order valence-corrected chi connectivity index (χ2v) is 4.71. The van der Waals surface area contributed by atoms with Crippen molar-refractivity contribution in [1.82, 2.24) is 15.0 Å². The van der Waals surface area contributed by atoms with Crippen LogP contribution in [0, 0.1) is 6.92 Å². The number of hydrogen-bond acceptors (Lipinski definition) is 6. The van der Waals surface area contributed by atoms with Crippen molar-refractivity contribution in [3.63, 3.8) is 0 Å². The number of aryl methyl sites for hydroxylation is 1. The van der Waals surface area contributed by atoms with Crippen molar-refractivity contribution in [3.05, 3.63) is 34.0 Å². The number of nitrogens with two attached hydrogens (primary N) is 1. The maximum atomic E-state index is 5.56. The molecule has 0 atom stereocenters. The number of thiazole rings is 1. The van der Waals surface area contributed by atoms with Crippen LogP contribution in [-0.4, -0.2) is 22.0 Å². The molecule has 2 heterocycles. The predicted octanol–water partition coefficient (Wildman–Crippen LogP) is 1.34. The average molecular weight is 249 g/mol. The highest BCUT2D eigenvalue weighted by molar-refractivity contribution is 7.09. The summed E-state index contributed by atoms with van der Waals surface area (Å²) in [5.41, 5.74) is 9.34. The topological polar surface area (TPSA) is 67.9 Å². The molecular weight excluding hydrogens is 234 g/mol. The Morgan fingerprint density at radius 2 is 2.24 bits per heavy atom. The fourth-order valence-corrected chi connectivity index (χ4v) is 2.28. The zero-order valence-corrected chi connectivity index (χ0v) is 10.7. The van der Waals surface area contributed by atoms with E-state index in [0.29, 0.717) is 12.5 Å². The fraction of sp³-hybridized carbons (Fsp3) is 0.364. The molecule has 0 bridgehead atoms. The molecule has 0 aliphatic rings. The maximum Gasteiger partial charge on any atom is 0.225 e. The number of anilines is 1. The lowest BCUT2D eigenvalue weighted by Crippen LogP contribution is -2.19. The summed E-state index contributed by atoms with van der Waals surface area (Å²) in [5, 5.41) is 0. The van der Waals surface area contributed by atoms with E-state index >= 15 is 0 Å². The van der Waals surface area contributed by atoms with Gasteiger partial charge < -0.3 is 10.6 Å². The second kappa shape index (κ2) is 5.20. The van der Waals surface area contributed by atoms with Crippen LogP contribution >= 0.6 is 11.3 Å². The minimum atomic E-state index is 0.433. The molecule has 0 aliphatic heterocycles. The number of hydrogen-bond donors (Lipinski definition) is 1. The van der Waals surface area contributed by atoms with E-state index in [1.54, 1.807) is 17.5 Å². The van der Waals surface area contributed by atoms with Gasteiger partial charge in [0.05, 0.1) is 23.4 Å². The molecule has 0 radical (unpaired) electrons. The summed E-state index contributed by atoms with van der Waals surface area (Å²) in [7, 11) is 1.97. The lowest BCUT2D eigenvalue weighted by atomic mass is 10.4. The van der Waals surface area contributed by atoms with Gasteiger partial charge in [0.2, 0.25) is 5.95 Å². The fourth-order valence-electron chi connectivity index (χ4n) is 1.45. The van der Waals surface area contributed by atoms with E-state index in [0.717, 1.165) is 17.9 Å². The summed E-state index contributed by atoms with van der Waals surface area (Å²) < 4.78 is 0. The molecule has 0 saturated carbocycles. The first kappa shape index (κ1) is 11.9. The summed E-state index contributed by atoms with van der Waals surface area (Å²) >= 11 is 1.65. The van der Waals surface area contributed by atoms with Gasteiger partial charge >= 0.3 is 0 Å². The van der Waals surface area contributed by atoms with Crippen LogP contribution in [0.5, 0.6) is 0 Å². The third-order valence-corrected chi connectivity index (χ3v) is 3.40. The van der Waals surface area contributed by atoms with Crippen molar-refractivity contribution in [2.24, 2.45) is 5.73 Å². The van der Waals surface area contributed by atoms with Crippen LogP contribution in [0.3, 0.4) is 0 Å². The van der Waals surface area contributed by atoms with E-state index < -0.39 is 0 Å². The Labute approximate surface area is 104 Å². The van der Waals surface area contributed by atoms with Gasteiger partial charge in [-0.05, 0) is 13.0 Å². The van der Waals surface area contributed by atoms with Crippen LogP contribution in [0.25, 0.3) is 0 Å². The van der Waals surface area contributed by atoms with Crippen LogP contribution in [-0.2, 0) is 13.1 Å². The molecule has 0 amide bonds. The van der Waals surface area contributed by atoms with Crippen molar-refractivity contribution in [2.45, 2.75) is 20.0 Å². The van der Waals surface area contributed by atoms with Crippen LogP contribution in [0.4, 0.5) is 5.95 Å². The molecular formula is C11H15N5S. The molecule has 90 valence electrons. The van der Waals surface area contributed by atoms with E-state index in [9.17, 15) is 0 Å². The molecule has 2 aromatic heterocycles. The van der Waals surface area contributed by atoms with Crippen molar-refractivity contribution in [1.29, 1.82) is 0 Å². The predicted molar refractivity (Wildman–Crippen MR) is 68.9 cm³/mol. The van der Waals surface area contributed by atoms with Gasteiger partial charge in [-0.3, -0.25) is 0 Å². The highest BCUT2D eigenvalue weighted by Crippen LogP contribution is 2.16. The Balaban J connectivity index is 2.14. The van der Waals surface area contributed by atoms with Crippen LogP contribution in [0.1, 0.15) is 16.3 Å². The highest BCUT2D eigenvalue weighted by Gasteiger charge is 2.09. The van der Waals surface area contributed by atoms with Crippen molar-refractivity contribution in [3.8, 4) is 0 Å². The highest BCUT2D eigenvalue weighted by atomic mass is 32.1. The molecule has 0 aliphatic carbocycles. The van der Waals surface area contributed by atoms with E-state index in [-0.39, 0.29) is 0 Å². The summed E-state index contributed by atoms with van der Waals surface area (Å²) in [4.78, 5) is 16.1. The normalized spacial score (nSPS) is 10.5. The smallest absolute Gasteiger partial charge is 0.225 e. The van der Waals surface area contributed by atoms with E-state index in [2.05, 4.69) is 15.0 Å². The SMILES string of the molecule is Cc1ncsc1CN(C)c1nccc(CN)n1. The first-order valence-electron chi connectivity index (χ1n) is 5.33. The Kier molecular flexibility index (Phi) is 3.65. The summed E-state index contributed by atoms with van der Waals surface area (Å²) in [6.45, 7) is 3.21. The molecule has 0 spiro atoms. The van der Waals surface area contributed by atoms with Gasteiger partial charge in [-0.25, -0.2) is 15.0 Å². The Morgan fingerprint density at radius 1 is 1.41 bits per heavy atom. The van der Waals surface area contributed by atoms with Crippen LogP contribution in [0.15, 0.2) is 17.8 Å². The van der Waals surface area contributed by atoms with Gasteiger partial charge in [0.1, 0.15) is 0 Å². The number of rotatable bonds is 4. The summed E-state index contributed by atoms with van der Waals surface area (Å²) in [6.07, 6.45) is 1.74. The first-order chi connectivity index (χ1) is 8.20. The minimum Gasteiger partial charge on any atom is -0.339 e. The minimum absolute atomic E-state index is 0.433. The average Bonchev–Trinajstić information content (AvgIpc) is 2.75. The van der Waals surface area contributed by atoms with Gasteiger partial charge in [0.25, 0.3) is 0 Å². The Morgan fingerprint density at radius 3 is 2.88 bits per heavy atom. The monoisotopic (exact) mass is 249 g/mol. The first-order valence-corrected chi connectivity index (χ1v) is 6.20. The number of nitrogens with zero attached hydrogens (tertiary/aromatic N) is 4. The van der Waals surface area contributed by atoms with Gasteiger partial charge in [0, 0.05) is 24.7 Å². The summed E-state index contributed by atoms with van der Waals surface area (Å²) in [6, 6.07) is 1.83.